The van der Waals surface area contributed by atoms with Gasteiger partial charge in [0.1, 0.15) is 5.71 Å². The van der Waals surface area contributed by atoms with Crippen molar-refractivity contribution < 1.29 is 4.42 Å². The normalized spacial score (nSPS) is 21.8. The zero-order valence-electron chi connectivity index (χ0n) is 12.5. The summed E-state index contributed by atoms with van der Waals surface area (Å²) in [4.78, 5) is 9.69. The number of halogens is 1. The smallest absolute Gasteiger partial charge is 0.152 e. The molecule has 1 aromatic heterocycles. The molecule has 3 heterocycles. The average molecular weight is 316 g/mol. The van der Waals surface area contributed by atoms with E-state index >= 15 is 0 Å². The molecule has 1 fully saturated rings. The average Bonchev–Trinajstić information content (AvgIpc) is 2.98. The van der Waals surface area contributed by atoms with E-state index in [1.807, 2.05) is 24.3 Å². The number of furan rings is 1. The molecule has 2 aliphatic rings. The van der Waals surface area contributed by atoms with Crippen molar-refractivity contribution in [2.75, 3.05) is 38.1 Å². The Labute approximate surface area is 135 Å². The van der Waals surface area contributed by atoms with Crippen LogP contribution in [0.15, 0.2) is 46.0 Å². The molecule has 4 rings (SSSR count). The van der Waals surface area contributed by atoms with Crippen LogP contribution in [0.4, 0.5) is 5.69 Å². The van der Waals surface area contributed by atoms with Gasteiger partial charge < -0.3 is 14.2 Å². The number of benzene rings is 1. The molecule has 0 spiro atoms. The molecule has 2 aromatic rings. The zero-order chi connectivity index (χ0) is 15.1. The highest BCUT2D eigenvalue weighted by molar-refractivity contribution is 6.31. The number of hydrogen-bond donors (Lipinski definition) is 0. The second-order valence-corrected chi connectivity index (χ2v) is 6.37. The maximum atomic E-state index is 6.24. The van der Waals surface area contributed by atoms with Crippen LogP contribution in [0.5, 0.6) is 0 Å². The Morgan fingerprint density at radius 2 is 2.18 bits per heavy atom. The van der Waals surface area contributed by atoms with Gasteiger partial charge in [-0.05, 0) is 37.4 Å². The lowest BCUT2D eigenvalue weighted by Crippen LogP contribution is -2.53. The van der Waals surface area contributed by atoms with Crippen LogP contribution in [0, 0.1) is 0 Å². The van der Waals surface area contributed by atoms with Crippen molar-refractivity contribution in [2.24, 2.45) is 4.99 Å². The number of piperazine rings is 1. The number of aliphatic imine (C=N–C) groups is 1. The van der Waals surface area contributed by atoms with E-state index < -0.39 is 0 Å². The van der Waals surface area contributed by atoms with Crippen LogP contribution < -0.4 is 4.90 Å². The molecule has 0 bridgehead atoms. The first-order chi connectivity index (χ1) is 10.7. The van der Waals surface area contributed by atoms with Gasteiger partial charge in [-0.25, -0.2) is 0 Å². The minimum absolute atomic E-state index is 0.395. The minimum Gasteiger partial charge on any atom is -0.463 e. The van der Waals surface area contributed by atoms with Gasteiger partial charge in [0, 0.05) is 35.9 Å². The Hall–Kier alpha value is -1.78. The van der Waals surface area contributed by atoms with Gasteiger partial charge in [0.15, 0.2) is 5.76 Å². The molecular weight excluding hydrogens is 298 g/mol. The Balaban J connectivity index is 1.86. The van der Waals surface area contributed by atoms with Crippen LogP contribution in [0.3, 0.4) is 0 Å². The van der Waals surface area contributed by atoms with E-state index in [0.29, 0.717) is 6.04 Å². The Morgan fingerprint density at radius 3 is 3.00 bits per heavy atom. The van der Waals surface area contributed by atoms with Crippen LogP contribution in [0.1, 0.15) is 11.3 Å². The van der Waals surface area contributed by atoms with Crippen LogP contribution in [0.25, 0.3) is 0 Å². The Morgan fingerprint density at radius 1 is 1.27 bits per heavy atom. The minimum atomic E-state index is 0.395. The number of rotatable bonds is 1. The van der Waals surface area contributed by atoms with E-state index in [0.717, 1.165) is 48.2 Å². The quantitative estimate of drug-likeness (QED) is 0.811. The molecule has 0 saturated carbocycles. The van der Waals surface area contributed by atoms with Crippen molar-refractivity contribution in [3.8, 4) is 0 Å². The van der Waals surface area contributed by atoms with Gasteiger partial charge in [-0.15, -0.1) is 0 Å². The summed E-state index contributed by atoms with van der Waals surface area (Å²) in [5.41, 5.74) is 3.17. The van der Waals surface area contributed by atoms with E-state index in [1.54, 1.807) is 6.26 Å². The highest BCUT2D eigenvalue weighted by Gasteiger charge is 2.31. The molecule has 4 nitrogen and oxygen atoms in total. The van der Waals surface area contributed by atoms with Crippen molar-refractivity contribution in [1.82, 2.24) is 4.90 Å². The molecule has 1 unspecified atom stereocenters. The number of nitrogens with zero attached hydrogens (tertiary/aromatic N) is 3. The van der Waals surface area contributed by atoms with Gasteiger partial charge >= 0.3 is 0 Å². The molecule has 1 atom stereocenters. The maximum Gasteiger partial charge on any atom is 0.152 e. The van der Waals surface area contributed by atoms with Crippen LogP contribution in [-0.2, 0) is 0 Å². The van der Waals surface area contributed by atoms with Crippen molar-refractivity contribution in [3.05, 3.63) is 52.9 Å². The predicted octanol–water partition coefficient (Wildman–Crippen LogP) is 2.90. The van der Waals surface area contributed by atoms with E-state index in [4.69, 9.17) is 21.0 Å². The van der Waals surface area contributed by atoms with Gasteiger partial charge in [-0.2, -0.15) is 0 Å². The molecule has 0 radical (unpaired) electrons. The third kappa shape index (κ3) is 2.32. The van der Waals surface area contributed by atoms with E-state index in [9.17, 15) is 0 Å². The summed E-state index contributed by atoms with van der Waals surface area (Å²) in [5, 5.41) is 0.727. The lowest BCUT2D eigenvalue weighted by Gasteiger charge is -2.40. The van der Waals surface area contributed by atoms with E-state index in [-0.39, 0.29) is 0 Å². The van der Waals surface area contributed by atoms with Crippen LogP contribution in [0.2, 0.25) is 5.02 Å². The van der Waals surface area contributed by atoms with E-state index in [1.165, 1.54) is 5.69 Å². The fraction of sp³-hybridized carbons (Fsp3) is 0.353. The largest absolute Gasteiger partial charge is 0.463 e. The summed E-state index contributed by atoms with van der Waals surface area (Å²) in [6.45, 7) is 3.87. The first-order valence-electron chi connectivity index (χ1n) is 7.56. The van der Waals surface area contributed by atoms with Gasteiger partial charge in [-0.3, -0.25) is 4.99 Å². The number of anilines is 1. The van der Waals surface area contributed by atoms with Gasteiger partial charge in [0.05, 0.1) is 18.8 Å². The topological polar surface area (TPSA) is 32.0 Å². The van der Waals surface area contributed by atoms with E-state index in [2.05, 4.69) is 22.9 Å². The predicted molar refractivity (Wildman–Crippen MR) is 89.3 cm³/mol. The third-order valence-electron chi connectivity index (χ3n) is 4.42. The molecular formula is C17H18ClN3O. The molecule has 2 aliphatic heterocycles. The second kappa shape index (κ2) is 5.45. The highest BCUT2D eigenvalue weighted by atomic mass is 35.5. The van der Waals surface area contributed by atoms with Crippen molar-refractivity contribution in [2.45, 2.75) is 6.04 Å². The Bertz CT molecular complexity index is 711. The van der Waals surface area contributed by atoms with Crippen molar-refractivity contribution >= 4 is 23.0 Å². The third-order valence-corrected chi connectivity index (χ3v) is 4.66. The molecule has 5 heteroatoms. The first-order valence-corrected chi connectivity index (χ1v) is 7.93. The lowest BCUT2D eigenvalue weighted by molar-refractivity contribution is 0.270. The number of likely N-dealkylation sites (N-methyl/N-ethyl adjacent to an activating group) is 1. The summed E-state index contributed by atoms with van der Waals surface area (Å²) in [7, 11) is 2.17. The summed E-state index contributed by atoms with van der Waals surface area (Å²) < 4.78 is 5.60. The molecule has 0 N–H and O–H groups in total. The fourth-order valence-corrected chi connectivity index (χ4v) is 3.51. The standard InChI is InChI=1S/C17H18ClN3O/c1-20-6-7-21-13(11-20)10-19-17(16-3-2-8-22-16)14-9-12(18)4-5-15(14)21/h2-5,8-9,13H,6-7,10-11H2,1H3. The molecule has 114 valence electrons. The van der Waals surface area contributed by atoms with Gasteiger partial charge in [0.25, 0.3) is 0 Å². The molecule has 1 saturated heterocycles. The zero-order valence-corrected chi connectivity index (χ0v) is 13.3. The van der Waals surface area contributed by atoms with Crippen molar-refractivity contribution in [3.63, 3.8) is 0 Å². The summed E-state index contributed by atoms with van der Waals surface area (Å²) in [5.74, 6) is 0.803. The molecule has 0 aliphatic carbocycles. The lowest BCUT2D eigenvalue weighted by atomic mass is 10.0. The van der Waals surface area contributed by atoms with Gasteiger partial charge in [-0.1, -0.05) is 11.6 Å². The maximum absolute atomic E-state index is 6.24. The van der Waals surface area contributed by atoms with Crippen LogP contribution in [-0.4, -0.2) is 49.9 Å². The highest BCUT2D eigenvalue weighted by Crippen LogP contribution is 2.32. The summed E-state index contributed by atoms with van der Waals surface area (Å²) >= 11 is 6.24. The first kappa shape index (κ1) is 13.9. The van der Waals surface area contributed by atoms with Crippen LogP contribution >= 0.6 is 11.6 Å². The summed E-state index contributed by atoms with van der Waals surface area (Å²) in [6, 6.07) is 10.3. The second-order valence-electron chi connectivity index (χ2n) is 5.94. The number of fused-ring (bicyclic) bond motifs is 3. The van der Waals surface area contributed by atoms with Crippen molar-refractivity contribution in [1.29, 1.82) is 0 Å². The monoisotopic (exact) mass is 315 g/mol. The number of hydrogen-bond acceptors (Lipinski definition) is 4. The Kier molecular flexibility index (Phi) is 3.43. The SMILES string of the molecule is CN1CCN2c3ccc(Cl)cc3C(c3ccco3)=NCC2C1. The van der Waals surface area contributed by atoms with Gasteiger partial charge in [0.2, 0.25) is 0 Å². The fourth-order valence-electron chi connectivity index (χ4n) is 3.34. The summed E-state index contributed by atoms with van der Waals surface area (Å²) in [6.07, 6.45) is 1.69. The molecule has 22 heavy (non-hydrogen) atoms. The molecule has 0 amide bonds. The molecule has 1 aromatic carbocycles.